The van der Waals surface area contributed by atoms with E-state index in [1.54, 1.807) is 0 Å². The molecule has 0 saturated carbocycles. The van der Waals surface area contributed by atoms with Gasteiger partial charge in [-0.2, -0.15) is 0 Å². The summed E-state index contributed by atoms with van der Waals surface area (Å²) in [6.45, 7) is 12.0. The third-order valence-electron chi connectivity index (χ3n) is 10.9. The first-order chi connectivity index (χ1) is 20.5. The molecule has 0 bridgehead atoms. The van der Waals surface area contributed by atoms with Crippen LogP contribution in [0, 0.1) is 22.7 Å². The van der Waals surface area contributed by atoms with Crippen molar-refractivity contribution >= 4 is 22.1 Å². The molecule has 4 aromatic heterocycles. The fraction of sp³-hybridized carbons (Fsp3) is 0.611. The van der Waals surface area contributed by atoms with Gasteiger partial charge in [-0.3, -0.25) is 9.97 Å². The van der Waals surface area contributed by atoms with E-state index in [0.717, 1.165) is 84.0 Å². The average molecular weight is 587 g/mol. The molecule has 0 aromatic carbocycles. The summed E-state index contributed by atoms with van der Waals surface area (Å²) < 4.78 is 0. The summed E-state index contributed by atoms with van der Waals surface area (Å²) in [5.74, 6) is 1.21. The molecule has 4 aromatic rings. The molecule has 2 unspecified atom stereocenters. The fourth-order valence-corrected chi connectivity index (χ4v) is 7.91. The molecule has 43 heavy (non-hydrogen) atoms. The summed E-state index contributed by atoms with van der Waals surface area (Å²) >= 11 is 0. The zero-order valence-electron chi connectivity index (χ0n) is 26.7. The minimum atomic E-state index is -0.0758. The molecule has 5 N–H and O–H groups in total. The molecule has 2 aliphatic carbocycles. The molecule has 0 saturated heterocycles. The second-order valence-corrected chi connectivity index (χ2v) is 15.0. The number of aryl methyl sites for hydroxylation is 3. The van der Waals surface area contributed by atoms with E-state index in [4.69, 9.17) is 9.97 Å². The molecule has 0 amide bonds. The third-order valence-corrected chi connectivity index (χ3v) is 10.9. The summed E-state index contributed by atoms with van der Waals surface area (Å²) in [7, 11) is 0. The van der Waals surface area contributed by atoms with Gasteiger partial charge in [0.2, 0.25) is 0 Å². The van der Waals surface area contributed by atoms with Crippen LogP contribution in [0.15, 0.2) is 12.1 Å². The van der Waals surface area contributed by atoms with Crippen LogP contribution in [0.5, 0.6) is 0 Å². The smallest absolute Gasteiger partial charge is 0.0918 e. The SMILES string of the molecule is CC(C)(C)C1CCc2nc3c(CCO)c(CCC(C)(C)C4CCc5nc6c(CCO)c(CO)[nH]c6cc5C4)[nH]c3cc2C1. The van der Waals surface area contributed by atoms with Crippen molar-refractivity contribution in [2.75, 3.05) is 13.2 Å². The summed E-state index contributed by atoms with van der Waals surface area (Å²) in [5, 5.41) is 29.4. The Morgan fingerprint density at radius 2 is 1.23 bits per heavy atom. The maximum atomic E-state index is 9.97. The Morgan fingerprint density at radius 1 is 0.721 bits per heavy atom. The number of nitrogens with zero attached hydrogens (tertiary/aromatic N) is 2. The van der Waals surface area contributed by atoms with E-state index in [1.807, 2.05) is 0 Å². The summed E-state index contributed by atoms with van der Waals surface area (Å²) in [5.41, 5.74) is 13.7. The van der Waals surface area contributed by atoms with Crippen LogP contribution in [0.3, 0.4) is 0 Å². The molecule has 0 radical (unpaired) electrons. The minimum absolute atomic E-state index is 0.0431. The lowest BCUT2D eigenvalue weighted by Gasteiger charge is -2.37. The molecule has 0 aliphatic heterocycles. The van der Waals surface area contributed by atoms with E-state index in [-0.39, 0.29) is 25.2 Å². The molecule has 7 heteroatoms. The van der Waals surface area contributed by atoms with E-state index < -0.39 is 0 Å². The molecule has 6 rings (SSSR count). The lowest BCUT2D eigenvalue weighted by molar-refractivity contribution is 0.174. The fourth-order valence-electron chi connectivity index (χ4n) is 7.91. The van der Waals surface area contributed by atoms with Crippen molar-refractivity contribution in [3.05, 3.63) is 57.2 Å². The van der Waals surface area contributed by atoms with Gasteiger partial charge in [0.25, 0.3) is 0 Å². The number of nitrogens with one attached hydrogen (secondary N) is 2. The number of hydrogen-bond acceptors (Lipinski definition) is 5. The molecule has 2 atom stereocenters. The standard InChI is InChI=1S/C36H50N4O3/c1-35(2,3)23-6-8-27-21(16-23)18-30-33(39-27)25(11-14-41)29(37-30)10-13-36(4,5)24-7-9-28-22(17-24)19-31-34(40-28)26(12-15-42)32(20-43)38-31/h18-19,23-24,37-38,41-43H,6-17,20H2,1-5H3. The molecule has 4 heterocycles. The molecule has 0 spiro atoms. The highest BCUT2D eigenvalue weighted by Gasteiger charge is 2.34. The third kappa shape index (κ3) is 5.76. The van der Waals surface area contributed by atoms with Gasteiger partial charge in [0.1, 0.15) is 0 Å². The van der Waals surface area contributed by atoms with E-state index >= 15 is 0 Å². The average Bonchev–Trinajstić information content (AvgIpc) is 3.49. The van der Waals surface area contributed by atoms with Gasteiger partial charge in [0.15, 0.2) is 0 Å². The second-order valence-electron chi connectivity index (χ2n) is 15.0. The second kappa shape index (κ2) is 11.6. The topological polar surface area (TPSA) is 118 Å². The zero-order valence-corrected chi connectivity index (χ0v) is 26.7. The van der Waals surface area contributed by atoms with Crippen molar-refractivity contribution in [2.45, 2.75) is 105 Å². The highest BCUT2D eigenvalue weighted by atomic mass is 16.3. The van der Waals surface area contributed by atoms with Crippen molar-refractivity contribution in [1.82, 2.24) is 19.9 Å². The summed E-state index contributed by atoms with van der Waals surface area (Å²) in [4.78, 5) is 17.3. The molecule has 7 nitrogen and oxygen atoms in total. The number of hydrogen-bond donors (Lipinski definition) is 5. The Labute approximate surface area is 255 Å². The number of H-pyrrole nitrogens is 2. The van der Waals surface area contributed by atoms with Crippen molar-refractivity contribution in [1.29, 1.82) is 0 Å². The quantitative estimate of drug-likeness (QED) is 0.167. The van der Waals surface area contributed by atoms with Gasteiger partial charge in [-0.15, -0.1) is 0 Å². The van der Waals surface area contributed by atoms with E-state index in [0.29, 0.717) is 30.1 Å². The lowest BCUT2D eigenvalue weighted by Crippen LogP contribution is -2.30. The Morgan fingerprint density at radius 3 is 1.77 bits per heavy atom. The Bertz CT molecular complexity index is 1620. The van der Waals surface area contributed by atoms with Gasteiger partial charge >= 0.3 is 0 Å². The van der Waals surface area contributed by atoms with Gasteiger partial charge in [-0.25, -0.2) is 0 Å². The largest absolute Gasteiger partial charge is 0.396 e. The van der Waals surface area contributed by atoms with Crippen LogP contribution in [0.2, 0.25) is 0 Å². The molecular weight excluding hydrogens is 536 g/mol. The first-order valence-corrected chi connectivity index (χ1v) is 16.4. The van der Waals surface area contributed by atoms with Gasteiger partial charge < -0.3 is 25.3 Å². The van der Waals surface area contributed by atoms with Crippen molar-refractivity contribution in [3.63, 3.8) is 0 Å². The highest BCUT2D eigenvalue weighted by Crippen LogP contribution is 2.42. The van der Waals surface area contributed by atoms with Crippen molar-refractivity contribution in [2.24, 2.45) is 22.7 Å². The van der Waals surface area contributed by atoms with E-state index in [1.165, 1.54) is 34.5 Å². The lowest BCUT2D eigenvalue weighted by atomic mass is 9.68. The van der Waals surface area contributed by atoms with Crippen LogP contribution >= 0.6 is 0 Å². The number of rotatable bonds is 9. The minimum Gasteiger partial charge on any atom is -0.396 e. The number of aliphatic hydroxyl groups excluding tert-OH is 3. The number of fused-ring (bicyclic) bond motifs is 4. The molecule has 0 fully saturated rings. The normalized spacial score (nSPS) is 19.3. The summed E-state index contributed by atoms with van der Waals surface area (Å²) in [6.07, 6.45) is 9.49. The number of aliphatic hydroxyl groups is 3. The van der Waals surface area contributed by atoms with Gasteiger partial charge in [0.05, 0.1) is 28.7 Å². The summed E-state index contributed by atoms with van der Waals surface area (Å²) in [6, 6.07) is 4.58. The van der Waals surface area contributed by atoms with Gasteiger partial charge in [-0.05, 0) is 110 Å². The van der Waals surface area contributed by atoms with Crippen LogP contribution in [-0.4, -0.2) is 48.5 Å². The van der Waals surface area contributed by atoms with Crippen LogP contribution in [-0.2, 0) is 51.6 Å². The number of aromatic amines is 2. The maximum Gasteiger partial charge on any atom is 0.0918 e. The van der Waals surface area contributed by atoms with Gasteiger partial charge in [0, 0.05) is 47.1 Å². The number of aromatic nitrogens is 4. The Balaban J connectivity index is 1.22. The zero-order chi connectivity index (χ0) is 30.5. The predicted octanol–water partition coefficient (Wildman–Crippen LogP) is 5.92. The maximum absolute atomic E-state index is 9.97. The first kappa shape index (κ1) is 30.3. The van der Waals surface area contributed by atoms with Crippen LogP contribution in [0.25, 0.3) is 22.1 Å². The number of pyridine rings is 2. The molecule has 2 aliphatic rings. The van der Waals surface area contributed by atoms with Crippen LogP contribution in [0.1, 0.15) is 98.9 Å². The predicted molar refractivity (Wildman–Crippen MR) is 172 cm³/mol. The van der Waals surface area contributed by atoms with Gasteiger partial charge in [-0.1, -0.05) is 34.6 Å². The monoisotopic (exact) mass is 586 g/mol. The van der Waals surface area contributed by atoms with Crippen LogP contribution in [0.4, 0.5) is 0 Å². The van der Waals surface area contributed by atoms with Crippen molar-refractivity contribution in [3.8, 4) is 0 Å². The van der Waals surface area contributed by atoms with Crippen LogP contribution < -0.4 is 0 Å². The molecule has 232 valence electrons. The Kier molecular flexibility index (Phi) is 8.20. The van der Waals surface area contributed by atoms with E-state index in [9.17, 15) is 15.3 Å². The van der Waals surface area contributed by atoms with Crippen molar-refractivity contribution < 1.29 is 15.3 Å². The van der Waals surface area contributed by atoms with E-state index in [2.05, 4.69) is 56.7 Å². The first-order valence-electron chi connectivity index (χ1n) is 16.4. The highest BCUT2D eigenvalue weighted by molar-refractivity contribution is 5.82. The molecular formula is C36H50N4O3. The Hall–Kier alpha value is -2.74.